The molecule has 6 nitrogen and oxygen atoms in total. The van der Waals surface area contributed by atoms with Gasteiger partial charge in [-0.1, -0.05) is 6.92 Å². The molecule has 128 valence electrons. The largest absolute Gasteiger partial charge is 0.453 e. The Labute approximate surface area is 140 Å². The van der Waals surface area contributed by atoms with Gasteiger partial charge in [-0.3, -0.25) is 14.4 Å². The molecule has 0 bridgehead atoms. The fourth-order valence-electron chi connectivity index (χ4n) is 2.37. The molecule has 0 unspecified atom stereocenters. The highest BCUT2D eigenvalue weighted by molar-refractivity contribution is 6.10. The highest BCUT2D eigenvalue weighted by Crippen LogP contribution is 2.25. The number of hydrogen-bond donors (Lipinski definition) is 1. The monoisotopic (exact) mass is 330 g/mol. The molecule has 0 atom stereocenters. The van der Waals surface area contributed by atoms with Crippen LogP contribution in [0, 0.1) is 0 Å². The van der Waals surface area contributed by atoms with Crippen LogP contribution >= 0.6 is 0 Å². The van der Waals surface area contributed by atoms with Gasteiger partial charge in [-0.15, -0.1) is 0 Å². The summed E-state index contributed by atoms with van der Waals surface area (Å²) in [5, 5.41) is 3.43. The number of benzene rings is 1. The number of Topliss-reactive ketones (excluding diaryl/α,β-unsaturated/α-hetero) is 2. The number of ketones is 2. The van der Waals surface area contributed by atoms with Crippen LogP contribution in [0.5, 0.6) is 0 Å². The van der Waals surface area contributed by atoms with Crippen molar-refractivity contribution in [3.8, 4) is 0 Å². The van der Waals surface area contributed by atoms with Gasteiger partial charge in [0.1, 0.15) is 5.58 Å². The molecular formula is C18H22N2O4. The minimum Gasteiger partial charge on any atom is -0.453 e. The molecule has 0 saturated heterocycles. The fourth-order valence-corrected chi connectivity index (χ4v) is 2.37. The highest BCUT2D eigenvalue weighted by Gasteiger charge is 2.19. The van der Waals surface area contributed by atoms with Gasteiger partial charge >= 0.3 is 0 Å². The molecule has 2 aromatic rings. The average molecular weight is 330 g/mol. The standard InChI is InChI=1S/C18H22N2O4/c1-5-15(22)17-9-12-8-13(11(2)21)14(10-16(12)24-17)18(23)19-6-7-20(3)4/h8-10H,5-7H2,1-4H3,(H,19,23). The molecule has 0 saturated carbocycles. The van der Waals surface area contributed by atoms with E-state index in [0.29, 0.717) is 36.0 Å². The van der Waals surface area contributed by atoms with E-state index in [1.54, 1.807) is 19.1 Å². The summed E-state index contributed by atoms with van der Waals surface area (Å²) in [4.78, 5) is 38.0. The minimum absolute atomic E-state index is 0.118. The van der Waals surface area contributed by atoms with Crippen LogP contribution in [0.25, 0.3) is 11.0 Å². The van der Waals surface area contributed by atoms with E-state index in [-0.39, 0.29) is 28.8 Å². The van der Waals surface area contributed by atoms with Gasteiger partial charge in [0.2, 0.25) is 0 Å². The van der Waals surface area contributed by atoms with Gasteiger partial charge in [-0.2, -0.15) is 0 Å². The van der Waals surface area contributed by atoms with Gasteiger partial charge in [-0.05, 0) is 39.2 Å². The number of amides is 1. The van der Waals surface area contributed by atoms with E-state index in [1.165, 1.54) is 13.0 Å². The van der Waals surface area contributed by atoms with Gasteiger partial charge in [0.25, 0.3) is 5.91 Å². The van der Waals surface area contributed by atoms with Crippen LogP contribution in [-0.4, -0.2) is 49.6 Å². The van der Waals surface area contributed by atoms with Crippen molar-refractivity contribution < 1.29 is 18.8 Å². The van der Waals surface area contributed by atoms with Crippen molar-refractivity contribution in [1.29, 1.82) is 0 Å². The summed E-state index contributed by atoms with van der Waals surface area (Å²) in [5.41, 5.74) is 1.01. The first kappa shape index (κ1) is 17.9. The number of nitrogens with one attached hydrogen (secondary N) is 1. The summed E-state index contributed by atoms with van der Waals surface area (Å²) >= 11 is 0. The van der Waals surface area contributed by atoms with E-state index in [1.807, 2.05) is 19.0 Å². The van der Waals surface area contributed by atoms with Gasteiger partial charge in [0.05, 0.1) is 5.56 Å². The molecule has 6 heteroatoms. The van der Waals surface area contributed by atoms with Crippen molar-refractivity contribution in [2.75, 3.05) is 27.2 Å². The first-order chi connectivity index (χ1) is 11.3. The van der Waals surface area contributed by atoms with Crippen molar-refractivity contribution in [2.24, 2.45) is 0 Å². The maximum atomic E-state index is 12.4. The smallest absolute Gasteiger partial charge is 0.252 e. The average Bonchev–Trinajstić information content (AvgIpc) is 2.95. The van der Waals surface area contributed by atoms with Crippen LogP contribution in [0.15, 0.2) is 22.6 Å². The third kappa shape index (κ3) is 3.89. The lowest BCUT2D eigenvalue weighted by Crippen LogP contribution is -2.32. The van der Waals surface area contributed by atoms with Gasteiger partial charge in [-0.25, -0.2) is 0 Å². The Balaban J connectivity index is 2.39. The molecule has 0 fully saturated rings. The number of hydrogen-bond acceptors (Lipinski definition) is 5. The van der Waals surface area contributed by atoms with E-state index in [2.05, 4.69) is 5.32 Å². The Morgan fingerprint density at radius 1 is 1.12 bits per heavy atom. The number of rotatable bonds is 7. The number of likely N-dealkylation sites (N-methyl/N-ethyl adjacent to an activating group) is 1. The van der Waals surface area contributed by atoms with Crippen LogP contribution in [0.4, 0.5) is 0 Å². The number of carbonyl (C=O) groups is 3. The molecule has 2 rings (SSSR count). The summed E-state index contributed by atoms with van der Waals surface area (Å²) in [6, 6.07) is 4.75. The fraction of sp³-hybridized carbons (Fsp3) is 0.389. The predicted molar refractivity (Wildman–Crippen MR) is 91.7 cm³/mol. The molecule has 1 heterocycles. The maximum Gasteiger partial charge on any atom is 0.252 e. The van der Waals surface area contributed by atoms with Crippen LogP contribution in [0.3, 0.4) is 0 Å². The van der Waals surface area contributed by atoms with Crippen LogP contribution in [0.1, 0.15) is 51.5 Å². The van der Waals surface area contributed by atoms with Crippen molar-refractivity contribution in [3.63, 3.8) is 0 Å². The SMILES string of the molecule is CCC(=O)c1cc2cc(C(C)=O)c(C(=O)NCCN(C)C)cc2o1. The first-order valence-corrected chi connectivity index (χ1v) is 7.88. The Kier molecular flexibility index (Phi) is 5.51. The van der Waals surface area contributed by atoms with Gasteiger partial charge in [0.15, 0.2) is 17.3 Å². The summed E-state index contributed by atoms with van der Waals surface area (Å²) in [6.45, 7) is 4.33. The van der Waals surface area contributed by atoms with E-state index in [4.69, 9.17) is 4.42 Å². The van der Waals surface area contributed by atoms with E-state index in [9.17, 15) is 14.4 Å². The summed E-state index contributed by atoms with van der Waals surface area (Å²) in [5.74, 6) is -0.414. The first-order valence-electron chi connectivity index (χ1n) is 7.88. The number of furan rings is 1. The zero-order valence-electron chi connectivity index (χ0n) is 14.4. The Morgan fingerprint density at radius 2 is 1.83 bits per heavy atom. The van der Waals surface area contributed by atoms with Crippen molar-refractivity contribution in [3.05, 3.63) is 35.1 Å². The van der Waals surface area contributed by atoms with Crippen LogP contribution in [0.2, 0.25) is 0 Å². The quantitative estimate of drug-likeness (QED) is 0.789. The molecular weight excluding hydrogens is 308 g/mol. The van der Waals surface area contributed by atoms with Gasteiger partial charge in [0, 0.05) is 30.5 Å². The van der Waals surface area contributed by atoms with Gasteiger partial charge < -0.3 is 14.6 Å². The van der Waals surface area contributed by atoms with Crippen molar-refractivity contribution in [2.45, 2.75) is 20.3 Å². The second-order valence-corrected chi connectivity index (χ2v) is 5.94. The zero-order chi connectivity index (χ0) is 17.9. The third-order valence-electron chi connectivity index (χ3n) is 3.72. The molecule has 0 radical (unpaired) electrons. The molecule has 24 heavy (non-hydrogen) atoms. The van der Waals surface area contributed by atoms with Crippen molar-refractivity contribution >= 4 is 28.4 Å². The van der Waals surface area contributed by atoms with E-state index in [0.717, 1.165) is 0 Å². The summed E-state index contributed by atoms with van der Waals surface area (Å²) < 4.78 is 5.54. The van der Waals surface area contributed by atoms with E-state index >= 15 is 0 Å². The lowest BCUT2D eigenvalue weighted by Gasteiger charge is -2.12. The van der Waals surface area contributed by atoms with E-state index < -0.39 is 0 Å². The number of nitrogens with zero attached hydrogens (tertiary/aromatic N) is 1. The molecule has 0 spiro atoms. The summed E-state index contributed by atoms with van der Waals surface area (Å²) in [6.07, 6.45) is 0.331. The second-order valence-electron chi connectivity index (χ2n) is 5.94. The maximum absolute atomic E-state index is 12.4. The third-order valence-corrected chi connectivity index (χ3v) is 3.72. The molecule has 0 aliphatic rings. The number of carbonyl (C=O) groups excluding carboxylic acids is 3. The normalized spacial score (nSPS) is 11.0. The lowest BCUT2D eigenvalue weighted by molar-refractivity contribution is 0.0936. The van der Waals surface area contributed by atoms with Crippen LogP contribution < -0.4 is 5.32 Å². The zero-order valence-corrected chi connectivity index (χ0v) is 14.4. The Hall–Kier alpha value is -2.47. The second kappa shape index (κ2) is 7.40. The Bertz CT molecular complexity index is 790. The summed E-state index contributed by atoms with van der Waals surface area (Å²) in [7, 11) is 3.82. The number of fused-ring (bicyclic) bond motifs is 1. The minimum atomic E-state index is -0.330. The van der Waals surface area contributed by atoms with Crippen LogP contribution in [-0.2, 0) is 0 Å². The molecule has 1 aromatic carbocycles. The van der Waals surface area contributed by atoms with Crippen molar-refractivity contribution in [1.82, 2.24) is 10.2 Å². The molecule has 1 aromatic heterocycles. The molecule has 1 N–H and O–H groups in total. The lowest BCUT2D eigenvalue weighted by atomic mass is 10.0. The topological polar surface area (TPSA) is 79.6 Å². The Morgan fingerprint density at radius 3 is 2.42 bits per heavy atom. The molecule has 1 amide bonds. The molecule has 0 aliphatic carbocycles. The molecule has 0 aliphatic heterocycles. The predicted octanol–water partition coefficient (Wildman–Crippen LogP) is 2.52. The highest BCUT2D eigenvalue weighted by atomic mass is 16.3.